The van der Waals surface area contributed by atoms with Crippen LogP contribution in [0.15, 0.2) is 41.4 Å². The maximum atomic E-state index is 14.5. The summed E-state index contributed by atoms with van der Waals surface area (Å²) in [6.07, 6.45) is -0.00647. The molecule has 2 unspecified atom stereocenters. The normalized spacial score (nSPS) is 30.9. The zero-order valence-electron chi connectivity index (χ0n) is 26.7. The van der Waals surface area contributed by atoms with Crippen LogP contribution in [0.25, 0.3) is 0 Å². The second-order valence-electron chi connectivity index (χ2n) is 13.6. The van der Waals surface area contributed by atoms with Gasteiger partial charge in [-0.05, 0) is 49.5 Å². The summed E-state index contributed by atoms with van der Waals surface area (Å²) in [5, 5.41) is 26.5. The molecular weight excluding hydrogens is 592 g/mol. The number of aliphatic hydroxyl groups is 1. The zero-order valence-corrected chi connectivity index (χ0v) is 26.7. The molecule has 2 saturated carbocycles. The third-order valence-corrected chi connectivity index (χ3v) is 9.98. The quantitative estimate of drug-likeness (QED) is 0.129. The summed E-state index contributed by atoms with van der Waals surface area (Å²) in [4.78, 5) is 76.2. The van der Waals surface area contributed by atoms with Gasteiger partial charge in [0.15, 0.2) is 40.6 Å². The van der Waals surface area contributed by atoms with E-state index in [1.165, 1.54) is 11.8 Å². The molecule has 0 saturated heterocycles. The molecule has 6 atom stereocenters. The number of aliphatic imine (C=N–C) groups is 1. The monoisotopic (exact) mass is 632 g/mol. The van der Waals surface area contributed by atoms with E-state index in [9.17, 15) is 34.2 Å². The van der Waals surface area contributed by atoms with Crippen LogP contribution in [0.2, 0.25) is 0 Å². The Morgan fingerprint density at radius 3 is 2.24 bits per heavy atom. The van der Waals surface area contributed by atoms with Crippen molar-refractivity contribution < 1.29 is 34.2 Å². The number of primary amides is 1. The number of carbonyl (C=O) groups is 5. The Balaban J connectivity index is 1.64. The van der Waals surface area contributed by atoms with Crippen molar-refractivity contribution in [3.63, 3.8) is 0 Å². The predicted molar refractivity (Wildman–Crippen MR) is 170 cm³/mol. The molecule has 0 aromatic heterocycles. The van der Waals surface area contributed by atoms with Gasteiger partial charge in [0, 0.05) is 25.2 Å². The topological polar surface area (TPSA) is 209 Å². The molecule has 0 bridgehead atoms. The fourth-order valence-corrected chi connectivity index (χ4v) is 8.20. The van der Waals surface area contributed by atoms with Gasteiger partial charge in [0.2, 0.25) is 5.91 Å². The third kappa shape index (κ3) is 4.59. The Labute approximate surface area is 266 Å². The molecule has 5 rings (SSSR count). The van der Waals surface area contributed by atoms with E-state index in [1.807, 2.05) is 30.3 Å². The first-order valence-corrected chi connectivity index (χ1v) is 14.9. The average molecular weight is 633 g/mol. The summed E-state index contributed by atoms with van der Waals surface area (Å²) < 4.78 is 0. The van der Waals surface area contributed by atoms with Crippen LogP contribution >= 0.6 is 0 Å². The van der Waals surface area contributed by atoms with Crippen LogP contribution in [-0.4, -0.2) is 89.9 Å². The van der Waals surface area contributed by atoms with Crippen molar-refractivity contribution in [2.45, 2.75) is 44.9 Å². The number of Topliss-reactive ketones (excluding diaryl/α,β-unsaturated/α-hetero) is 4. The Kier molecular flexibility index (Phi) is 7.85. The number of amides is 1. The number of ketones is 4. The number of nitrogens with two attached hydrogens (primary N) is 2. The lowest BCUT2D eigenvalue weighted by molar-refractivity contribution is -0.203. The van der Waals surface area contributed by atoms with E-state index in [-0.39, 0.29) is 36.6 Å². The number of phenols is 1. The molecule has 3 aliphatic carbocycles. The first-order valence-electron chi connectivity index (χ1n) is 14.9. The number of benzene rings is 2. The first kappa shape index (κ1) is 32.8. The Morgan fingerprint density at radius 1 is 1.04 bits per heavy atom. The predicted octanol–water partition coefficient (Wildman–Crippen LogP) is 0.640. The smallest absolute Gasteiger partial charge is 0.235 e. The van der Waals surface area contributed by atoms with Gasteiger partial charge in [0.25, 0.3) is 0 Å². The number of aromatic hydroxyl groups is 1. The van der Waals surface area contributed by atoms with Crippen LogP contribution in [0.4, 0.5) is 11.4 Å². The van der Waals surface area contributed by atoms with Crippen molar-refractivity contribution in [2.75, 3.05) is 38.4 Å². The summed E-state index contributed by atoms with van der Waals surface area (Å²) in [7, 11) is 6.62. The van der Waals surface area contributed by atoms with E-state index in [0.717, 1.165) is 5.56 Å². The average Bonchev–Trinajstić information content (AvgIpc) is 2.95. The van der Waals surface area contributed by atoms with Gasteiger partial charge in [-0.3, -0.25) is 28.9 Å². The van der Waals surface area contributed by atoms with Gasteiger partial charge >= 0.3 is 0 Å². The molecule has 2 aromatic carbocycles. The van der Waals surface area contributed by atoms with E-state index in [1.54, 1.807) is 46.1 Å². The highest BCUT2D eigenvalue weighted by molar-refractivity contribution is 6.33. The van der Waals surface area contributed by atoms with Gasteiger partial charge in [-0.15, -0.1) is 0 Å². The van der Waals surface area contributed by atoms with Crippen molar-refractivity contribution >= 4 is 46.4 Å². The van der Waals surface area contributed by atoms with Gasteiger partial charge in [0.05, 0.1) is 29.8 Å². The maximum Gasteiger partial charge on any atom is 0.235 e. The molecule has 2 aromatic rings. The van der Waals surface area contributed by atoms with Crippen molar-refractivity contribution in [2.24, 2.45) is 39.1 Å². The molecule has 1 amide bonds. The lowest BCUT2D eigenvalue weighted by atomic mass is 9.42. The lowest BCUT2D eigenvalue weighted by Gasteiger charge is -2.61. The van der Waals surface area contributed by atoms with E-state index >= 15 is 0 Å². The number of nitrogens with zero attached hydrogens (tertiary/aromatic N) is 3. The number of nitrogens with one attached hydrogen (secondary N) is 1. The van der Waals surface area contributed by atoms with Crippen LogP contribution in [0, 0.1) is 22.7 Å². The largest absolute Gasteiger partial charge is 0.505 e. The Bertz CT molecular complexity index is 1710. The number of guanidine groups is 1. The zero-order chi connectivity index (χ0) is 34.1. The van der Waals surface area contributed by atoms with E-state index in [4.69, 9.17) is 11.5 Å². The minimum Gasteiger partial charge on any atom is -0.505 e. The number of phenolic OH excluding ortho intramolecular Hbond substituents is 1. The van der Waals surface area contributed by atoms with Crippen LogP contribution in [0.5, 0.6) is 5.75 Å². The number of carbonyl (C=O) groups excluding carboxylic acids is 5. The fourth-order valence-electron chi connectivity index (χ4n) is 8.20. The minimum atomic E-state index is -2.88. The molecule has 46 heavy (non-hydrogen) atoms. The maximum absolute atomic E-state index is 14.5. The van der Waals surface area contributed by atoms with E-state index in [2.05, 4.69) is 10.3 Å². The summed E-state index contributed by atoms with van der Waals surface area (Å²) in [6.45, 7) is 3.44. The number of rotatable bonds is 6. The standard InChI is InChI=1S/C33H40N6O7/c1-31-13-17-19(38(3)4)12-18(37-30(35)36-14-16-10-8-7-9-11-16)23(40)20(17)24(41)22(31)28(44)33(46)27(43)21(29(34)45)25(42)26(39(5)6)32(33,2)15-31/h7-12,21-22,26,40,46H,13-15H2,1-6H3,(H2,34,45)(H3,35,36,37)/t21?,22?,26-,31+,32+,33-/m1/s1. The van der Waals surface area contributed by atoms with Crippen LogP contribution in [0.1, 0.15) is 41.8 Å². The van der Waals surface area contributed by atoms with Gasteiger partial charge in [-0.1, -0.05) is 44.2 Å². The molecule has 244 valence electrons. The highest BCUT2D eigenvalue weighted by Crippen LogP contribution is 2.62. The van der Waals surface area contributed by atoms with E-state index < -0.39 is 69.1 Å². The molecular formula is C33H40N6O7. The molecule has 3 aliphatic rings. The van der Waals surface area contributed by atoms with Crippen molar-refractivity contribution in [3.05, 3.63) is 53.1 Å². The SMILES string of the molecule is CN(C)c1cc(NC(N)=NCc2ccccc2)c(O)c2c1C[C@@]1(C)C[C@@]3(C)[C@H](N(C)C)C(=O)C(C(N)=O)C(=O)[C@@]3(O)C(=O)C1C2=O. The number of anilines is 2. The number of hydrogen-bond acceptors (Lipinski definition) is 10. The number of hydrogen-bond donors (Lipinski definition) is 5. The van der Waals surface area contributed by atoms with Gasteiger partial charge in [-0.25, -0.2) is 4.99 Å². The molecule has 13 nitrogen and oxygen atoms in total. The second kappa shape index (κ2) is 11.0. The summed E-state index contributed by atoms with van der Waals surface area (Å²) >= 11 is 0. The molecule has 0 aliphatic heterocycles. The molecule has 13 heteroatoms. The van der Waals surface area contributed by atoms with Gasteiger partial charge in [-0.2, -0.15) is 0 Å². The summed E-state index contributed by atoms with van der Waals surface area (Å²) in [5.41, 5.74) is 7.68. The van der Waals surface area contributed by atoms with Crippen molar-refractivity contribution in [1.82, 2.24) is 4.90 Å². The van der Waals surface area contributed by atoms with Gasteiger partial charge < -0.3 is 31.9 Å². The summed E-state index contributed by atoms with van der Waals surface area (Å²) in [5.74, 6) is -9.47. The second-order valence-corrected chi connectivity index (χ2v) is 13.6. The lowest BCUT2D eigenvalue weighted by Crippen LogP contribution is -2.79. The highest BCUT2D eigenvalue weighted by atomic mass is 16.3. The van der Waals surface area contributed by atoms with Crippen LogP contribution in [0.3, 0.4) is 0 Å². The third-order valence-electron chi connectivity index (χ3n) is 9.98. The van der Waals surface area contributed by atoms with E-state index in [0.29, 0.717) is 11.3 Å². The Morgan fingerprint density at radius 2 is 1.67 bits per heavy atom. The first-order chi connectivity index (χ1) is 21.4. The Hall–Kier alpha value is -4.62. The molecule has 2 fully saturated rings. The number of fused-ring (bicyclic) bond motifs is 3. The van der Waals surface area contributed by atoms with Crippen molar-refractivity contribution in [1.29, 1.82) is 0 Å². The highest BCUT2D eigenvalue weighted by Gasteiger charge is 2.76. The molecule has 0 radical (unpaired) electrons. The fraction of sp³-hybridized carbons (Fsp3) is 0.455. The van der Waals surface area contributed by atoms with Crippen LogP contribution < -0.4 is 21.7 Å². The van der Waals surface area contributed by atoms with Crippen LogP contribution in [-0.2, 0) is 32.1 Å². The summed E-state index contributed by atoms with van der Waals surface area (Å²) in [6, 6.07) is 9.77. The molecule has 0 heterocycles. The van der Waals surface area contributed by atoms with Gasteiger partial charge in [0.1, 0.15) is 5.75 Å². The molecule has 0 spiro atoms. The number of likely N-dealkylation sites (N-methyl/N-ethyl adjacent to an activating group) is 1. The van der Waals surface area contributed by atoms with Crippen molar-refractivity contribution in [3.8, 4) is 5.75 Å². The minimum absolute atomic E-state index is 0.0274. The molecule has 7 N–H and O–H groups in total.